The Kier molecular flexibility index (Phi) is 5.60. The lowest BCUT2D eigenvalue weighted by atomic mass is 9.97. The van der Waals surface area contributed by atoms with Crippen LogP contribution in [0, 0.1) is 0 Å². The zero-order valence-electron chi connectivity index (χ0n) is 15.4. The number of carbonyl (C=O) groups is 2. The lowest BCUT2D eigenvalue weighted by Crippen LogP contribution is -2.15. The Bertz CT molecular complexity index is 952. The van der Waals surface area contributed by atoms with Crippen LogP contribution in [-0.2, 0) is 16.0 Å². The average molecular weight is 366 g/mol. The molecule has 0 saturated heterocycles. The molecule has 0 aliphatic rings. The van der Waals surface area contributed by atoms with Crippen molar-refractivity contribution in [3.05, 3.63) is 65.4 Å². The molecule has 0 unspecified atom stereocenters. The van der Waals surface area contributed by atoms with Gasteiger partial charge in [0.15, 0.2) is 12.4 Å². The molecule has 3 aromatic rings. The molecule has 1 atom stereocenters. The maximum atomic E-state index is 12.2. The molecule has 0 spiro atoms. The second-order valence-corrected chi connectivity index (χ2v) is 6.63. The van der Waals surface area contributed by atoms with E-state index in [2.05, 4.69) is 13.8 Å². The fourth-order valence-corrected chi connectivity index (χ4v) is 2.88. The van der Waals surface area contributed by atoms with Gasteiger partial charge in [0, 0.05) is 22.6 Å². The number of ketones is 1. The van der Waals surface area contributed by atoms with E-state index in [1.165, 1.54) is 24.0 Å². The standard InChI is InChI=1S/C22H22O5/c1-3-14(2)15-4-6-16(7-5-15)20(24)13-27-22(25)10-17-12-26-21-11-18(23)8-9-19(17)21/h4-9,11-12,14,23H,3,10,13H2,1-2H3/t14-/m0/s1. The number of hydrogen-bond donors (Lipinski definition) is 1. The van der Waals surface area contributed by atoms with Gasteiger partial charge in [-0.25, -0.2) is 0 Å². The van der Waals surface area contributed by atoms with Crippen molar-refractivity contribution in [1.29, 1.82) is 0 Å². The summed E-state index contributed by atoms with van der Waals surface area (Å²) in [6.45, 7) is 3.97. The molecule has 27 heavy (non-hydrogen) atoms. The predicted octanol–water partition coefficient (Wildman–Crippen LogP) is 4.62. The largest absolute Gasteiger partial charge is 0.508 e. The highest BCUT2D eigenvalue weighted by molar-refractivity contribution is 5.98. The van der Waals surface area contributed by atoms with E-state index in [0.29, 0.717) is 22.6 Å². The first kappa shape index (κ1) is 18.7. The number of hydrogen-bond acceptors (Lipinski definition) is 5. The predicted molar refractivity (Wildman–Crippen MR) is 102 cm³/mol. The first-order valence-corrected chi connectivity index (χ1v) is 8.95. The Morgan fingerprint density at radius 1 is 1.15 bits per heavy atom. The first-order valence-electron chi connectivity index (χ1n) is 8.95. The molecule has 3 rings (SSSR count). The van der Waals surface area contributed by atoms with Crippen molar-refractivity contribution in [2.24, 2.45) is 0 Å². The van der Waals surface area contributed by atoms with Crippen LogP contribution >= 0.6 is 0 Å². The fraction of sp³-hybridized carbons (Fsp3) is 0.273. The fourth-order valence-electron chi connectivity index (χ4n) is 2.88. The van der Waals surface area contributed by atoms with Gasteiger partial charge in [0.1, 0.15) is 11.3 Å². The number of phenols is 1. The monoisotopic (exact) mass is 366 g/mol. The summed E-state index contributed by atoms with van der Waals surface area (Å²) in [5.74, 6) is -0.203. The smallest absolute Gasteiger partial charge is 0.310 e. The average Bonchev–Trinajstić information content (AvgIpc) is 3.07. The number of furan rings is 1. The van der Waals surface area contributed by atoms with Gasteiger partial charge in [-0.2, -0.15) is 0 Å². The van der Waals surface area contributed by atoms with E-state index in [1.54, 1.807) is 18.2 Å². The highest BCUT2D eigenvalue weighted by Gasteiger charge is 2.14. The highest BCUT2D eigenvalue weighted by atomic mass is 16.5. The van der Waals surface area contributed by atoms with Crippen molar-refractivity contribution in [3.8, 4) is 5.75 Å². The number of benzene rings is 2. The number of esters is 1. The van der Waals surface area contributed by atoms with Gasteiger partial charge in [-0.3, -0.25) is 9.59 Å². The van der Waals surface area contributed by atoms with Crippen LogP contribution < -0.4 is 0 Å². The van der Waals surface area contributed by atoms with Crippen molar-refractivity contribution in [1.82, 2.24) is 0 Å². The van der Waals surface area contributed by atoms with Gasteiger partial charge in [0.25, 0.3) is 0 Å². The second kappa shape index (κ2) is 8.08. The van der Waals surface area contributed by atoms with Crippen molar-refractivity contribution in [2.45, 2.75) is 32.6 Å². The van der Waals surface area contributed by atoms with Gasteiger partial charge in [0.05, 0.1) is 12.7 Å². The van der Waals surface area contributed by atoms with Crippen LogP contribution in [0.2, 0.25) is 0 Å². The van der Waals surface area contributed by atoms with Crippen molar-refractivity contribution in [3.63, 3.8) is 0 Å². The maximum Gasteiger partial charge on any atom is 0.310 e. The van der Waals surface area contributed by atoms with Crippen LogP contribution in [0.25, 0.3) is 11.0 Å². The number of ether oxygens (including phenoxy) is 1. The van der Waals surface area contributed by atoms with Gasteiger partial charge >= 0.3 is 5.97 Å². The summed E-state index contributed by atoms with van der Waals surface area (Å²) < 4.78 is 10.5. The van der Waals surface area contributed by atoms with E-state index in [9.17, 15) is 14.7 Å². The quantitative estimate of drug-likeness (QED) is 0.488. The number of aromatic hydroxyl groups is 1. The van der Waals surface area contributed by atoms with Crippen LogP contribution in [0.4, 0.5) is 0 Å². The molecule has 0 fully saturated rings. The van der Waals surface area contributed by atoms with Crippen LogP contribution in [-0.4, -0.2) is 23.5 Å². The third-order valence-electron chi connectivity index (χ3n) is 4.75. The van der Waals surface area contributed by atoms with Gasteiger partial charge in [-0.1, -0.05) is 38.1 Å². The minimum absolute atomic E-state index is 0.00198. The molecular weight excluding hydrogens is 344 g/mol. The highest BCUT2D eigenvalue weighted by Crippen LogP contribution is 2.25. The molecule has 5 nitrogen and oxygen atoms in total. The van der Waals surface area contributed by atoms with Gasteiger partial charge in [-0.15, -0.1) is 0 Å². The second-order valence-electron chi connectivity index (χ2n) is 6.63. The first-order chi connectivity index (χ1) is 13.0. The van der Waals surface area contributed by atoms with E-state index < -0.39 is 5.97 Å². The Labute approximate surface area is 157 Å². The Morgan fingerprint density at radius 2 is 1.89 bits per heavy atom. The molecule has 1 N–H and O–H groups in total. The SMILES string of the molecule is CC[C@H](C)c1ccc(C(=O)COC(=O)Cc2coc3cc(O)ccc23)cc1. The molecule has 0 amide bonds. The van der Waals surface area contributed by atoms with Crippen LogP contribution in [0.15, 0.2) is 53.1 Å². The number of rotatable bonds is 7. The Morgan fingerprint density at radius 3 is 2.59 bits per heavy atom. The third kappa shape index (κ3) is 4.37. The summed E-state index contributed by atoms with van der Waals surface area (Å²) in [7, 11) is 0. The minimum Gasteiger partial charge on any atom is -0.508 e. The van der Waals surface area contributed by atoms with E-state index in [1.807, 2.05) is 12.1 Å². The Hall–Kier alpha value is -3.08. The number of carbonyl (C=O) groups excluding carboxylic acids is 2. The summed E-state index contributed by atoms with van der Waals surface area (Å²) in [5, 5.41) is 10.2. The van der Waals surface area contributed by atoms with E-state index in [4.69, 9.17) is 9.15 Å². The molecule has 0 bridgehead atoms. The molecule has 5 heteroatoms. The molecule has 2 aromatic carbocycles. The molecule has 1 aromatic heterocycles. The topological polar surface area (TPSA) is 76.7 Å². The normalized spacial score (nSPS) is 12.1. The molecule has 140 valence electrons. The van der Waals surface area contributed by atoms with E-state index in [0.717, 1.165) is 11.8 Å². The maximum absolute atomic E-state index is 12.2. The summed E-state index contributed by atoms with van der Waals surface area (Å²) in [4.78, 5) is 24.3. The summed E-state index contributed by atoms with van der Waals surface area (Å²) in [6.07, 6.45) is 2.49. The van der Waals surface area contributed by atoms with Crippen molar-refractivity contribution in [2.75, 3.05) is 6.61 Å². The number of Topliss-reactive ketones (excluding diaryl/α,β-unsaturated/α-hetero) is 1. The summed E-state index contributed by atoms with van der Waals surface area (Å²) in [6, 6.07) is 12.1. The van der Waals surface area contributed by atoms with E-state index >= 15 is 0 Å². The zero-order chi connectivity index (χ0) is 19.4. The van der Waals surface area contributed by atoms with Crippen LogP contribution in [0.5, 0.6) is 5.75 Å². The lowest BCUT2D eigenvalue weighted by Gasteiger charge is -2.09. The van der Waals surface area contributed by atoms with Crippen molar-refractivity contribution < 1.29 is 23.8 Å². The number of phenolic OH excluding ortho intramolecular Hbond substituents is 1. The molecular formula is C22H22O5. The molecule has 0 radical (unpaired) electrons. The zero-order valence-corrected chi connectivity index (χ0v) is 15.4. The Balaban J connectivity index is 1.57. The molecule has 0 aliphatic carbocycles. The number of fused-ring (bicyclic) bond motifs is 1. The summed E-state index contributed by atoms with van der Waals surface area (Å²) in [5.41, 5.74) is 2.86. The van der Waals surface area contributed by atoms with Gasteiger partial charge in [-0.05, 0) is 30.0 Å². The van der Waals surface area contributed by atoms with Gasteiger partial charge in [0.2, 0.25) is 0 Å². The van der Waals surface area contributed by atoms with Crippen molar-refractivity contribution >= 4 is 22.7 Å². The van der Waals surface area contributed by atoms with E-state index in [-0.39, 0.29) is 24.6 Å². The summed E-state index contributed by atoms with van der Waals surface area (Å²) >= 11 is 0. The lowest BCUT2D eigenvalue weighted by molar-refractivity contribution is -0.141. The molecule has 1 heterocycles. The third-order valence-corrected chi connectivity index (χ3v) is 4.75. The molecule has 0 saturated carbocycles. The molecule has 0 aliphatic heterocycles. The minimum atomic E-state index is -0.504. The van der Waals surface area contributed by atoms with Crippen LogP contribution in [0.3, 0.4) is 0 Å². The van der Waals surface area contributed by atoms with Crippen LogP contribution in [0.1, 0.15) is 47.7 Å². The van der Waals surface area contributed by atoms with Gasteiger partial charge < -0.3 is 14.3 Å².